The summed E-state index contributed by atoms with van der Waals surface area (Å²) in [6, 6.07) is 13.6. The van der Waals surface area contributed by atoms with Crippen LogP contribution in [0.1, 0.15) is 0 Å². The molecule has 1 N–H and O–H groups in total. The molecule has 0 unspecified atom stereocenters. The first-order chi connectivity index (χ1) is 10.4. The number of rotatable bonds is 5. The maximum atomic E-state index is 11.9. The molecule has 0 saturated carbocycles. The van der Waals surface area contributed by atoms with Crippen LogP contribution < -0.4 is 5.32 Å². The molecule has 2 aromatic carbocycles. The number of anilines is 1. The highest BCUT2D eigenvalue weighted by atomic mass is 35.7. The molecule has 116 valence electrons. The van der Waals surface area contributed by atoms with Gasteiger partial charge in [0.2, 0.25) is 5.91 Å². The molecule has 0 aliphatic heterocycles. The van der Waals surface area contributed by atoms with Crippen molar-refractivity contribution >= 4 is 54.7 Å². The average Bonchev–Trinajstić information content (AvgIpc) is 2.45. The number of nitrogens with one attached hydrogen (secondary N) is 1. The van der Waals surface area contributed by atoms with Gasteiger partial charge in [0.1, 0.15) is 4.90 Å². The predicted octanol–water partition coefficient (Wildman–Crippen LogP) is 4.00. The van der Waals surface area contributed by atoms with Crippen LogP contribution in [0.15, 0.2) is 58.3 Å². The van der Waals surface area contributed by atoms with Crippen molar-refractivity contribution in [2.45, 2.75) is 9.79 Å². The lowest BCUT2D eigenvalue weighted by Crippen LogP contribution is -2.14. The third-order valence-corrected chi connectivity index (χ3v) is 5.41. The van der Waals surface area contributed by atoms with Gasteiger partial charge in [0.15, 0.2) is 0 Å². The van der Waals surface area contributed by atoms with Crippen LogP contribution in [0.5, 0.6) is 0 Å². The van der Waals surface area contributed by atoms with Crippen LogP contribution in [0.4, 0.5) is 5.69 Å². The van der Waals surface area contributed by atoms with E-state index in [1.807, 2.05) is 30.3 Å². The Labute approximate surface area is 142 Å². The summed E-state index contributed by atoms with van der Waals surface area (Å²) in [5.74, 6) is 0.0170. The van der Waals surface area contributed by atoms with Gasteiger partial charge in [0.25, 0.3) is 9.05 Å². The van der Waals surface area contributed by atoms with Crippen LogP contribution in [-0.4, -0.2) is 20.1 Å². The molecule has 0 aliphatic rings. The normalized spacial score (nSPS) is 11.2. The molecular weight excluding hydrogens is 365 g/mol. The van der Waals surface area contributed by atoms with E-state index in [-0.39, 0.29) is 21.6 Å². The summed E-state index contributed by atoms with van der Waals surface area (Å²) in [5, 5.41) is 2.61. The lowest BCUT2D eigenvalue weighted by Gasteiger charge is -2.07. The van der Waals surface area contributed by atoms with Gasteiger partial charge in [-0.1, -0.05) is 29.8 Å². The first-order valence-electron chi connectivity index (χ1n) is 6.08. The second-order valence-electron chi connectivity index (χ2n) is 4.23. The fraction of sp³-hybridized carbons (Fsp3) is 0.0714. The minimum absolute atomic E-state index is 0.0384. The zero-order valence-corrected chi connectivity index (χ0v) is 14.3. The van der Waals surface area contributed by atoms with Gasteiger partial charge in [-0.3, -0.25) is 4.79 Å². The topological polar surface area (TPSA) is 63.2 Å². The van der Waals surface area contributed by atoms with Gasteiger partial charge in [-0.15, -0.1) is 11.8 Å². The summed E-state index contributed by atoms with van der Waals surface area (Å²) < 4.78 is 22.5. The number of halogens is 2. The molecule has 0 atom stereocenters. The van der Waals surface area contributed by atoms with E-state index in [0.29, 0.717) is 5.69 Å². The number of carbonyl (C=O) groups excluding carboxylic acids is 1. The number of thioether (sulfide) groups is 1. The maximum Gasteiger partial charge on any atom is 0.262 e. The minimum Gasteiger partial charge on any atom is -0.325 e. The molecule has 0 saturated heterocycles. The van der Waals surface area contributed by atoms with Crippen LogP contribution in [0.25, 0.3) is 0 Å². The van der Waals surface area contributed by atoms with E-state index in [4.69, 9.17) is 22.3 Å². The zero-order chi connectivity index (χ0) is 16.2. The first kappa shape index (κ1) is 17.1. The number of benzene rings is 2. The summed E-state index contributed by atoms with van der Waals surface area (Å²) in [6.07, 6.45) is 0. The summed E-state index contributed by atoms with van der Waals surface area (Å²) in [5.41, 5.74) is 0.410. The van der Waals surface area contributed by atoms with Crippen molar-refractivity contribution in [3.8, 4) is 0 Å². The third-order valence-electron chi connectivity index (χ3n) is 2.59. The highest BCUT2D eigenvalue weighted by Gasteiger charge is 2.15. The van der Waals surface area contributed by atoms with Gasteiger partial charge < -0.3 is 5.32 Å². The third kappa shape index (κ3) is 4.91. The molecule has 8 heteroatoms. The van der Waals surface area contributed by atoms with Crippen molar-refractivity contribution < 1.29 is 13.2 Å². The molecule has 0 fully saturated rings. The Morgan fingerprint density at radius 1 is 1.14 bits per heavy atom. The zero-order valence-electron chi connectivity index (χ0n) is 11.1. The molecule has 0 bridgehead atoms. The molecule has 2 aromatic rings. The quantitative estimate of drug-likeness (QED) is 0.633. The lowest BCUT2D eigenvalue weighted by molar-refractivity contribution is -0.113. The number of hydrogen-bond acceptors (Lipinski definition) is 4. The lowest BCUT2D eigenvalue weighted by atomic mass is 10.3. The Morgan fingerprint density at radius 2 is 1.82 bits per heavy atom. The summed E-state index contributed by atoms with van der Waals surface area (Å²) in [6.45, 7) is 0. The second-order valence-corrected chi connectivity index (χ2v) is 8.22. The SMILES string of the molecule is O=C(CSc1ccccc1)Nc1ccc(S(=O)(=O)Cl)c(Cl)c1. The van der Waals surface area contributed by atoms with E-state index in [2.05, 4.69) is 5.32 Å². The summed E-state index contributed by atoms with van der Waals surface area (Å²) in [7, 11) is 1.34. The van der Waals surface area contributed by atoms with Crippen LogP contribution in [0.2, 0.25) is 5.02 Å². The van der Waals surface area contributed by atoms with E-state index in [1.54, 1.807) is 0 Å². The van der Waals surface area contributed by atoms with E-state index < -0.39 is 9.05 Å². The molecule has 1 amide bonds. The smallest absolute Gasteiger partial charge is 0.262 e. The van der Waals surface area contributed by atoms with Gasteiger partial charge in [-0.05, 0) is 30.3 Å². The average molecular weight is 376 g/mol. The largest absolute Gasteiger partial charge is 0.325 e. The highest BCUT2D eigenvalue weighted by Crippen LogP contribution is 2.27. The second kappa shape index (κ2) is 7.37. The monoisotopic (exact) mass is 375 g/mol. The Kier molecular flexibility index (Phi) is 5.74. The molecular formula is C14H11Cl2NO3S2. The van der Waals surface area contributed by atoms with Gasteiger partial charge in [-0.25, -0.2) is 8.42 Å². The molecule has 0 spiro atoms. The van der Waals surface area contributed by atoms with Crippen LogP contribution >= 0.6 is 34.0 Å². The fourth-order valence-corrected chi connectivity index (χ4v) is 3.89. The van der Waals surface area contributed by atoms with Crippen LogP contribution in [0.3, 0.4) is 0 Å². The molecule has 0 radical (unpaired) electrons. The Morgan fingerprint density at radius 3 is 2.41 bits per heavy atom. The molecule has 4 nitrogen and oxygen atoms in total. The van der Waals surface area contributed by atoms with Crippen LogP contribution in [-0.2, 0) is 13.8 Å². The van der Waals surface area contributed by atoms with Crippen molar-refractivity contribution in [2.24, 2.45) is 0 Å². The standard InChI is InChI=1S/C14H11Cl2NO3S2/c15-12-8-10(6-7-13(12)22(16,19)20)17-14(18)9-21-11-4-2-1-3-5-11/h1-8H,9H2,(H,17,18). The molecule has 2 rings (SSSR count). The van der Waals surface area contributed by atoms with E-state index >= 15 is 0 Å². The molecule has 22 heavy (non-hydrogen) atoms. The van der Waals surface area contributed by atoms with Crippen molar-refractivity contribution in [1.82, 2.24) is 0 Å². The van der Waals surface area contributed by atoms with Gasteiger partial charge in [0.05, 0.1) is 10.8 Å². The number of hydrogen-bond donors (Lipinski definition) is 1. The first-order valence-corrected chi connectivity index (χ1v) is 9.75. The molecule has 0 aliphatic carbocycles. The fourth-order valence-electron chi connectivity index (χ4n) is 1.64. The Bertz CT molecular complexity index is 780. The van der Waals surface area contributed by atoms with Gasteiger partial charge in [-0.2, -0.15) is 0 Å². The molecule has 0 heterocycles. The Hall–Kier alpha value is -1.21. The van der Waals surface area contributed by atoms with Crippen molar-refractivity contribution in [3.63, 3.8) is 0 Å². The molecule has 0 aromatic heterocycles. The highest BCUT2D eigenvalue weighted by molar-refractivity contribution is 8.13. The minimum atomic E-state index is -3.90. The van der Waals surface area contributed by atoms with Crippen molar-refractivity contribution in [3.05, 3.63) is 53.6 Å². The number of amides is 1. The number of carbonyl (C=O) groups is 1. The van der Waals surface area contributed by atoms with Crippen LogP contribution in [0, 0.1) is 0 Å². The van der Waals surface area contributed by atoms with Crippen molar-refractivity contribution in [1.29, 1.82) is 0 Å². The van der Waals surface area contributed by atoms with E-state index in [1.165, 1.54) is 30.0 Å². The Balaban J connectivity index is 1.99. The summed E-state index contributed by atoms with van der Waals surface area (Å²) >= 11 is 7.25. The van der Waals surface area contributed by atoms with Gasteiger partial charge >= 0.3 is 0 Å². The van der Waals surface area contributed by atoms with E-state index in [0.717, 1.165) is 4.90 Å². The maximum absolute atomic E-state index is 11.9. The van der Waals surface area contributed by atoms with Gasteiger partial charge in [0, 0.05) is 21.3 Å². The predicted molar refractivity (Wildman–Crippen MR) is 90.3 cm³/mol. The van der Waals surface area contributed by atoms with Crippen molar-refractivity contribution in [2.75, 3.05) is 11.1 Å². The summed E-state index contributed by atoms with van der Waals surface area (Å²) in [4.78, 5) is 12.7. The van der Waals surface area contributed by atoms with E-state index in [9.17, 15) is 13.2 Å².